The van der Waals surface area contributed by atoms with E-state index in [1.807, 2.05) is 0 Å². The van der Waals surface area contributed by atoms with Crippen molar-refractivity contribution in [3.8, 4) is 0 Å². The first kappa shape index (κ1) is 17.6. The summed E-state index contributed by atoms with van der Waals surface area (Å²) in [6, 6.07) is 1.18. The van der Waals surface area contributed by atoms with Crippen LogP contribution in [0.2, 0.25) is 19.1 Å². The minimum atomic E-state index is -1.54. The summed E-state index contributed by atoms with van der Waals surface area (Å²) in [6.45, 7) is 8.98. The van der Waals surface area contributed by atoms with Crippen molar-refractivity contribution in [1.29, 1.82) is 0 Å². The van der Waals surface area contributed by atoms with Gasteiger partial charge in [0.15, 0.2) is 8.32 Å². The van der Waals surface area contributed by atoms with Crippen LogP contribution in [0.3, 0.4) is 0 Å². The summed E-state index contributed by atoms with van der Waals surface area (Å²) in [5, 5.41) is 9.17. The minimum Gasteiger partial charge on any atom is -0.465 e. The topological polar surface area (TPSA) is 55.8 Å². The monoisotopic (exact) mass is 276 g/mol. The van der Waals surface area contributed by atoms with Crippen LogP contribution in [0.25, 0.3) is 0 Å². The Bertz CT molecular complexity index is 231. The van der Waals surface area contributed by atoms with Crippen molar-refractivity contribution in [2.75, 3.05) is 19.8 Å². The summed E-state index contributed by atoms with van der Waals surface area (Å²) in [7, 11) is -1.54. The van der Waals surface area contributed by atoms with Crippen LogP contribution in [-0.2, 0) is 14.0 Å². The van der Waals surface area contributed by atoms with Gasteiger partial charge in [-0.3, -0.25) is 4.79 Å². The van der Waals surface area contributed by atoms with Gasteiger partial charge in [-0.1, -0.05) is 19.8 Å². The Balaban J connectivity index is 3.81. The lowest BCUT2D eigenvalue weighted by Gasteiger charge is -2.24. The van der Waals surface area contributed by atoms with Crippen LogP contribution in [0, 0.1) is 5.92 Å². The highest BCUT2D eigenvalue weighted by molar-refractivity contribution is 6.71. The molecule has 108 valence electrons. The summed E-state index contributed by atoms with van der Waals surface area (Å²) in [5.74, 6) is -0.308. The molecule has 4 nitrogen and oxygen atoms in total. The number of hydrogen-bond acceptors (Lipinski definition) is 4. The lowest BCUT2D eigenvalue weighted by atomic mass is 10.1. The van der Waals surface area contributed by atoms with E-state index in [1.165, 1.54) is 25.8 Å². The Hall–Kier alpha value is -0.393. The Labute approximate surface area is 112 Å². The maximum absolute atomic E-state index is 10.7. The molecule has 0 bridgehead atoms. The summed E-state index contributed by atoms with van der Waals surface area (Å²) in [6.07, 6.45) is 3.16. The number of esters is 1. The summed E-state index contributed by atoms with van der Waals surface area (Å²) < 4.78 is 10.9. The van der Waals surface area contributed by atoms with Gasteiger partial charge in [0.25, 0.3) is 0 Å². The number of hydrogen-bond donors (Lipinski definition) is 1. The van der Waals surface area contributed by atoms with Crippen LogP contribution in [0.4, 0.5) is 0 Å². The third kappa shape index (κ3) is 9.62. The number of aliphatic hydroxyl groups excluding tert-OH is 1. The first-order chi connectivity index (χ1) is 8.41. The van der Waals surface area contributed by atoms with Crippen LogP contribution < -0.4 is 0 Å². The fourth-order valence-corrected chi connectivity index (χ4v) is 3.66. The lowest BCUT2D eigenvalue weighted by molar-refractivity contribution is -0.142. The zero-order valence-electron chi connectivity index (χ0n) is 12.2. The molecule has 0 rings (SSSR count). The molecule has 1 unspecified atom stereocenters. The SMILES string of the molecule is CCCC[Si](C)(C)OCCC(CO)COC(C)=O. The van der Waals surface area contributed by atoms with E-state index in [0.29, 0.717) is 6.61 Å². The van der Waals surface area contributed by atoms with Gasteiger partial charge in [-0.25, -0.2) is 0 Å². The number of unbranched alkanes of at least 4 members (excludes halogenated alkanes) is 1. The highest BCUT2D eigenvalue weighted by atomic mass is 28.4. The highest BCUT2D eigenvalue weighted by Crippen LogP contribution is 2.16. The van der Waals surface area contributed by atoms with Gasteiger partial charge in [0.05, 0.1) is 6.61 Å². The van der Waals surface area contributed by atoms with E-state index in [2.05, 4.69) is 20.0 Å². The Morgan fingerprint density at radius 1 is 1.39 bits per heavy atom. The number of carbonyl (C=O) groups excluding carboxylic acids is 1. The average molecular weight is 276 g/mol. The molecule has 18 heavy (non-hydrogen) atoms. The second kappa shape index (κ2) is 9.53. The molecule has 1 N–H and O–H groups in total. The first-order valence-electron chi connectivity index (χ1n) is 6.79. The predicted octanol–water partition coefficient (Wildman–Crippen LogP) is 2.57. The molecule has 0 aliphatic heterocycles. The van der Waals surface area contributed by atoms with Gasteiger partial charge in [-0.15, -0.1) is 0 Å². The van der Waals surface area contributed by atoms with Gasteiger partial charge in [-0.2, -0.15) is 0 Å². The van der Waals surface area contributed by atoms with Crippen LogP contribution in [-0.4, -0.2) is 39.2 Å². The van der Waals surface area contributed by atoms with E-state index < -0.39 is 8.32 Å². The van der Waals surface area contributed by atoms with E-state index in [1.54, 1.807) is 0 Å². The Kier molecular flexibility index (Phi) is 9.32. The molecule has 0 saturated heterocycles. The van der Waals surface area contributed by atoms with Crippen LogP contribution >= 0.6 is 0 Å². The molecule has 0 aromatic rings. The normalized spacial score (nSPS) is 13.4. The zero-order chi connectivity index (χ0) is 14.0. The van der Waals surface area contributed by atoms with Crippen molar-refractivity contribution in [2.24, 2.45) is 5.92 Å². The molecule has 0 aromatic heterocycles. The van der Waals surface area contributed by atoms with Gasteiger partial charge >= 0.3 is 5.97 Å². The quantitative estimate of drug-likeness (QED) is 0.492. The highest BCUT2D eigenvalue weighted by Gasteiger charge is 2.22. The molecule has 0 aliphatic carbocycles. The Morgan fingerprint density at radius 3 is 2.56 bits per heavy atom. The largest absolute Gasteiger partial charge is 0.465 e. The van der Waals surface area contributed by atoms with E-state index in [0.717, 1.165) is 6.42 Å². The number of rotatable bonds is 10. The van der Waals surface area contributed by atoms with Crippen molar-refractivity contribution in [1.82, 2.24) is 0 Å². The minimum absolute atomic E-state index is 0.00937. The smallest absolute Gasteiger partial charge is 0.302 e. The van der Waals surface area contributed by atoms with Gasteiger partial charge in [0, 0.05) is 26.1 Å². The van der Waals surface area contributed by atoms with Gasteiger partial charge in [-0.05, 0) is 25.6 Å². The van der Waals surface area contributed by atoms with E-state index in [-0.39, 0.29) is 25.1 Å². The van der Waals surface area contributed by atoms with E-state index in [4.69, 9.17) is 9.16 Å². The Morgan fingerprint density at radius 2 is 2.06 bits per heavy atom. The van der Waals surface area contributed by atoms with Crippen molar-refractivity contribution in [3.05, 3.63) is 0 Å². The second-order valence-corrected chi connectivity index (χ2v) is 9.66. The standard InChI is InChI=1S/C13H28O4Si/c1-5-6-9-18(3,4)17-8-7-13(10-14)11-16-12(2)15/h13-14H,5-11H2,1-4H3. The van der Waals surface area contributed by atoms with Crippen molar-refractivity contribution >= 4 is 14.3 Å². The maximum Gasteiger partial charge on any atom is 0.302 e. The number of carbonyl (C=O) groups is 1. The third-order valence-electron chi connectivity index (χ3n) is 2.93. The predicted molar refractivity (Wildman–Crippen MR) is 75.0 cm³/mol. The third-order valence-corrected chi connectivity index (χ3v) is 5.48. The molecule has 0 aromatic carbocycles. The molecule has 0 saturated carbocycles. The van der Waals surface area contributed by atoms with E-state index >= 15 is 0 Å². The fraction of sp³-hybridized carbons (Fsp3) is 0.923. The maximum atomic E-state index is 10.7. The molecule has 5 heteroatoms. The lowest BCUT2D eigenvalue weighted by Crippen LogP contribution is -2.31. The van der Waals surface area contributed by atoms with Crippen molar-refractivity contribution in [3.63, 3.8) is 0 Å². The first-order valence-corrected chi connectivity index (χ1v) is 9.91. The molecule has 1 atom stereocenters. The van der Waals surface area contributed by atoms with Crippen LogP contribution in [0.5, 0.6) is 0 Å². The molecule has 0 heterocycles. The zero-order valence-corrected chi connectivity index (χ0v) is 13.2. The molecular weight excluding hydrogens is 248 g/mol. The molecule has 0 radical (unpaired) electrons. The van der Waals surface area contributed by atoms with Crippen LogP contribution in [0.15, 0.2) is 0 Å². The summed E-state index contributed by atoms with van der Waals surface area (Å²) >= 11 is 0. The summed E-state index contributed by atoms with van der Waals surface area (Å²) in [4.78, 5) is 10.7. The number of aliphatic hydroxyl groups is 1. The summed E-state index contributed by atoms with van der Waals surface area (Å²) in [5.41, 5.74) is 0. The van der Waals surface area contributed by atoms with Gasteiger partial charge < -0.3 is 14.3 Å². The molecule has 0 fully saturated rings. The second-order valence-electron chi connectivity index (χ2n) is 5.35. The van der Waals surface area contributed by atoms with Gasteiger partial charge in [0.1, 0.15) is 0 Å². The van der Waals surface area contributed by atoms with Crippen molar-refractivity contribution in [2.45, 2.75) is 52.2 Å². The van der Waals surface area contributed by atoms with Crippen LogP contribution in [0.1, 0.15) is 33.1 Å². The average Bonchev–Trinajstić information content (AvgIpc) is 2.30. The van der Waals surface area contributed by atoms with Crippen molar-refractivity contribution < 1.29 is 19.1 Å². The van der Waals surface area contributed by atoms with Gasteiger partial charge in [0.2, 0.25) is 0 Å². The molecular formula is C13H28O4Si. The molecule has 0 amide bonds. The molecule has 0 aliphatic rings. The number of ether oxygens (including phenoxy) is 1. The molecule has 0 spiro atoms. The fourth-order valence-electron chi connectivity index (χ4n) is 1.64. The van der Waals surface area contributed by atoms with E-state index in [9.17, 15) is 9.90 Å².